The van der Waals surface area contributed by atoms with Crippen LogP contribution in [-0.2, 0) is 19.4 Å². The number of aliphatic hydroxyl groups is 1. The van der Waals surface area contributed by atoms with E-state index >= 15 is 0 Å². The summed E-state index contributed by atoms with van der Waals surface area (Å²) in [6.07, 6.45) is 1.83. The molecule has 1 aliphatic heterocycles. The van der Waals surface area contributed by atoms with Crippen molar-refractivity contribution in [3.8, 4) is 22.6 Å². The van der Waals surface area contributed by atoms with Crippen molar-refractivity contribution in [2.45, 2.75) is 25.5 Å². The van der Waals surface area contributed by atoms with Crippen LogP contribution in [0.5, 0.6) is 11.5 Å². The van der Waals surface area contributed by atoms with E-state index in [0.29, 0.717) is 0 Å². The molecular weight excluding hydrogens is 362 g/mol. The van der Waals surface area contributed by atoms with Gasteiger partial charge in [-0.2, -0.15) is 0 Å². The van der Waals surface area contributed by atoms with Crippen LogP contribution in [0.25, 0.3) is 11.1 Å². The highest BCUT2D eigenvalue weighted by Crippen LogP contribution is 2.36. The lowest BCUT2D eigenvalue weighted by Crippen LogP contribution is -2.31. The molecule has 1 atom stereocenters. The van der Waals surface area contributed by atoms with E-state index in [2.05, 4.69) is 41.7 Å². The predicted molar refractivity (Wildman–Crippen MR) is 115 cm³/mol. The predicted octanol–water partition coefficient (Wildman–Crippen LogP) is 4.29. The van der Waals surface area contributed by atoms with Crippen LogP contribution >= 0.6 is 0 Å². The number of methoxy groups -OCH3 is 2. The summed E-state index contributed by atoms with van der Waals surface area (Å²) < 4.78 is 11.2. The number of para-hydroxylation sites is 1. The van der Waals surface area contributed by atoms with Gasteiger partial charge >= 0.3 is 0 Å². The largest absolute Gasteiger partial charge is 0.496 e. The molecule has 0 spiro atoms. The Morgan fingerprint density at radius 3 is 2.41 bits per heavy atom. The lowest BCUT2D eigenvalue weighted by atomic mass is 9.88. The average molecular weight is 389 g/mol. The number of nitrogens with one attached hydrogen (secondary N) is 1. The van der Waals surface area contributed by atoms with Gasteiger partial charge in [0.15, 0.2) is 0 Å². The fraction of sp³-hybridized carbons (Fsp3) is 0.280. The monoisotopic (exact) mass is 389 g/mol. The van der Waals surface area contributed by atoms with Crippen LogP contribution < -0.4 is 14.8 Å². The van der Waals surface area contributed by atoms with Crippen molar-refractivity contribution < 1.29 is 14.6 Å². The van der Waals surface area contributed by atoms with Crippen LogP contribution in [0.3, 0.4) is 0 Å². The SMILES string of the molecule is COc1ccccc1-c1ccc(CC2NCCc3cc(CO)cc(OC)c32)cc1. The normalized spacial score (nSPS) is 15.6. The molecule has 0 radical (unpaired) electrons. The summed E-state index contributed by atoms with van der Waals surface area (Å²) >= 11 is 0. The fourth-order valence-corrected chi connectivity index (χ4v) is 4.21. The second-order valence-corrected chi connectivity index (χ2v) is 7.39. The molecule has 0 saturated heterocycles. The van der Waals surface area contributed by atoms with Gasteiger partial charge in [-0.1, -0.05) is 48.5 Å². The summed E-state index contributed by atoms with van der Waals surface area (Å²) in [5, 5.41) is 13.2. The summed E-state index contributed by atoms with van der Waals surface area (Å²) in [6.45, 7) is 0.959. The summed E-state index contributed by atoms with van der Waals surface area (Å²) in [6, 6.07) is 21.0. The molecule has 4 heteroatoms. The molecule has 150 valence electrons. The van der Waals surface area contributed by atoms with E-state index < -0.39 is 0 Å². The van der Waals surface area contributed by atoms with Gasteiger partial charge in [0.05, 0.1) is 20.8 Å². The van der Waals surface area contributed by atoms with Crippen molar-refractivity contribution in [3.63, 3.8) is 0 Å². The highest BCUT2D eigenvalue weighted by molar-refractivity contribution is 5.70. The minimum atomic E-state index is 0.0339. The number of ether oxygens (including phenoxy) is 2. The second-order valence-electron chi connectivity index (χ2n) is 7.39. The highest BCUT2D eigenvalue weighted by atomic mass is 16.5. The van der Waals surface area contributed by atoms with E-state index in [1.54, 1.807) is 14.2 Å². The molecule has 0 aromatic heterocycles. The van der Waals surface area contributed by atoms with E-state index in [1.165, 1.54) is 16.7 Å². The van der Waals surface area contributed by atoms with Gasteiger partial charge in [-0.15, -0.1) is 0 Å². The number of hydrogen-bond acceptors (Lipinski definition) is 4. The van der Waals surface area contributed by atoms with Gasteiger partial charge in [-0.3, -0.25) is 0 Å². The van der Waals surface area contributed by atoms with E-state index in [0.717, 1.165) is 47.6 Å². The molecular formula is C25H27NO3. The standard InChI is InChI=1S/C25H27NO3/c1-28-23-6-4-3-5-21(23)19-9-7-17(8-10-19)14-22-25-20(11-12-26-22)13-18(16-27)15-24(25)29-2/h3-10,13,15,22,26-27H,11-12,14,16H2,1-2H3. The van der Waals surface area contributed by atoms with Gasteiger partial charge in [0.2, 0.25) is 0 Å². The van der Waals surface area contributed by atoms with E-state index in [1.807, 2.05) is 24.3 Å². The quantitative estimate of drug-likeness (QED) is 0.660. The van der Waals surface area contributed by atoms with Crippen LogP contribution in [0.15, 0.2) is 60.7 Å². The molecule has 0 aliphatic carbocycles. The topological polar surface area (TPSA) is 50.7 Å². The van der Waals surface area contributed by atoms with Crippen molar-refractivity contribution in [3.05, 3.63) is 82.9 Å². The molecule has 1 aliphatic rings. The first-order valence-electron chi connectivity index (χ1n) is 9.99. The van der Waals surface area contributed by atoms with E-state index in [9.17, 15) is 5.11 Å². The number of fused-ring (bicyclic) bond motifs is 1. The molecule has 0 saturated carbocycles. The Kier molecular flexibility index (Phi) is 5.84. The van der Waals surface area contributed by atoms with Gasteiger partial charge in [0.25, 0.3) is 0 Å². The summed E-state index contributed by atoms with van der Waals surface area (Å²) in [7, 11) is 3.40. The van der Waals surface area contributed by atoms with Gasteiger partial charge in [0.1, 0.15) is 11.5 Å². The molecule has 4 nitrogen and oxygen atoms in total. The van der Waals surface area contributed by atoms with Crippen molar-refractivity contribution in [2.75, 3.05) is 20.8 Å². The van der Waals surface area contributed by atoms with Crippen molar-refractivity contribution in [1.82, 2.24) is 5.32 Å². The minimum Gasteiger partial charge on any atom is -0.496 e. The third-order valence-electron chi connectivity index (χ3n) is 5.64. The maximum Gasteiger partial charge on any atom is 0.126 e. The summed E-state index contributed by atoms with van der Waals surface area (Å²) in [5.41, 5.74) is 6.89. The van der Waals surface area contributed by atoms with Crippen LogP contribution in [0.2, 0.25) is 0 Å². The molecule has 0 amide bonds. The van der Waals surface area contributed by atoms with Crippen molar-refractivity contribution >= 4 is 0 Å². The minimum absolute atomic E-state index is 0.0339. The number of aliphatic hydroxyl groups excluding tert-OH is 1. The van der Waals surface area contributed by atoms with Crippen molar-refractivity contribution in [2.24, 2.45) is 0 Å². The molecule has 0 fully saturated rings. The van der Waals surface area contributed by atoms with Gasteiger partial charge in [-0.05, 0) is 53.8 Å². The lowest BCUT2D eigenvalue weighted by Gasteiger charge is -2.29. The van der Waals surface area contributed by atoms with Crippen molar-refractivity contribution in [1.29, 1.82) is 0 Å². The molecule has 29 heavy (non-hydrogen) atoms. The van der Waals surface area contributed by atoms with Gasteiger partial charge in [0, 0.05) is 17.2 Å². The zero-order valence-electron chi connectivity index (χ0n) is 16.9. The van der Waals surface area contributed by atoms with Gasteiger partial charge < -0.3 is 19.9 Å². The van der Waals surface area contributed by atoms with E-state index in [-0.39, 0.29) is 12.6 Å². The molecule has 3 aromatic carbocycles. The van der Waals surface area contributed by atoms with Crippen LogP contribution in [0.1, 0.15) is 28.3 Å². The third-order valence-corrected chi connectivity index (χ3v) is 5.64. The van der Waals surface area contributed by atoms with E-state index in [4.69, 9.17) is 9.47 Å². The first kappa shape index (κ1) is 19.5. The first-order chi connectivity index (χ1) is 14.2. The maximum atomic E-state index is 9.54. The number of benzene rings is 3. The zero-order chi connectivity index (χ0) is 20.2. The lowest BCUT2D eigenvalue weighted by molar-refractivity contribution is 0.280. The Hall–Kier alpha value is -2.82. The second kappa shape index (κ2) is 8.68. The Morgan fingerprint density at radius 1 is 0.931 bits per heavy atom. The molecule has 4 rings (SSSR count). The maximum absolute atomic E-state index is 9.54. The molecule has 1 heterocycles. The van der Waals surface area contributed by atoms with Crippen LogP contribution in [0.4, 0.5) is 0 Å². The van der Waals surface area contributed by atoms with Gasteiger partial charge in [-0.25, -0.2) is 0 Å². The first-order valence-corrected chi connectivity index (χ1v) is 9.99. The summed E-state index contributed by atoms with van der Waals surface area (Å²) in [5.74, 6) is 1.74. The Balaban J connectivity index is 1.60. The zero-order valence-corrected chi connectivity index (χ0v) is 16.9. The smallest absolute Gasteiger partial charge is 0.126 e. The Bertz CT molecular complexity index is 965. The number of hydrogen-bond donors (Lipinski definition) is 2. The molecule has 1 unspecified atom stereocenters. The Morgan fingerprint density at radius 2 is 1.69 bits per heavy atom. The molecule has 3 aromatic rings. The summed E-state index contributed by atoms with van der Waals surface area (Å²) in [4.78, 5) is 0. The third kappa shape index (κ3) is 4.00. The van der Waals surface area contributed by atoms with Crippen LogP contribution in [-0.4, -0.2) is 25.9 Å². The number of rotatable bonds is 6. The highest BCUT2D eigenvalue weighted by Gasteiger charge is 2.24. The molecule has 0 bridgehead atoms. The molecule has 2 N–H and O–H groups in total. The Labute approximate surface area is 172 Å². The average Bonchev–Trinajstić information content (AvgIpc) is 2.78. The fourth-order valence-electron chi connectivity index (χ4n) is 4.21. The van der Waals surface area contributed by atoms with Crippen LogP contribution in [0, 0.1) is 0 Å².